The average Bonchev–Trinajstić information content (AvgIpc) is 2.91. The van der Waals surface area contributed by atoms with E-state index in [0.717, 1.165) is 10.9 Å². The summed E-state index contributed by atoms with van der Waals surface area (Å²) in [4.78, 5) is 4.68. The van der Waals surface area contributed by atoms with Gasteiger partial charge < -0.3 is 0 Å². The van der Waals surface area contributed by atoms with E-state index in [1.54, 1.807) is 11.8 Å². The Kier molecular flexibility index (Phi) is 4.34. The maximum Gasteiger partial charge on any atom is 0.173 e. The summed E-state index contributed by atoms with van der Waals surface area (Å²) in [7, 11) is 0. The van der Waals surface area contributed by atoms with E-state index < -0.39 is 0 Å². The second-order valence-electron chi connectivity index (χ2n) is 5.58. The number of thioether (sulfide) groups is 1. The van der Waals surface area contributed by atoms with E-state index in [9.17, 15) is 0 Å². The Labute approximate surface area is 136 Å². The zero-order chi connectivity index (χ0) is 15.5. The van der Waals surface area contributed by atoms with Gasteiger partial charge in [-0.2, -0.15) is 0 Å². The van der Waals surface area contributed by atoms with E-state index in [1.807, 2.05) is 12.3 Å². The molecule has 0 amide bonds. The third-order valence-electron chi connectivity index (χ3n) is 3.50. The Morgan fingerprint density at radius 1 is 0.955 bits per heavy atom. The first-order valence-corrected chi connectivity index (χ1v) is 8.40. The Hall–Kier alpha value is -2.00. The SMILES string of the molecule is Cc1ccccc1-n1c(-c2ccccc2)cnc1SC(C)C. The Morgan fingerprint density at radius 2 is 1.64 bits per heavy atom. The molecule has 0 aliphatic carbocycles. The van der Waals surface area contributed by atoms with Crippen molar-refractivity contribution in [1.82, 2.24) is 9.55 Å². The largest absolute Gasteiger partial charge is 0.287 e. The molecule has 0 unspecified atom stereocenters. The molecule has 0 saturated carbocycles. The minimum Gasteiger partial charge on any atom is -0.287 e. The fraction of sp³-hybridized carbons (Fsp3) is 0.211. The summed E-state index contributed by atoms with van der Waals surface area (Å²) in [5.74, 6) is 0. The molecular formula is C19H20N2S. The second-order valence-corrected chi connectivity index (χ2v) is 7.12. The van der Waals surface area contributed by atoms with Crippen LogP contribution in [0.5, 0.6) is 0 Å². The zero-order valence-electron chi connectivity index (χ0n) is 13.2. The number of aryl methyl sites for hydroxylation is 1. The normalized spacial score (nSPS) is 11.1. The van der Waals surface area contributed by atoms with Gasteiger partial charge in [-0.15, -0.1) is 0 Å². The molecule has 112 valence electrons. The fourth-order valence-corrected chi connectivity index (χ4v) is 3.33. The highest BCUT2D eigenvalue weighted by atomic mass is 32.2. The molecule has 0 bridgehead atoms. The van der Waals surface area contributed by atoms with Gasteiger partial charge in [0.2, 0.25) is 0 Å². The van der Waals surface area contributed by atoms with Crippen LogP contribution in [0.15, 0.2) is 66.0 Å². The Bertz CT molecular complexity index is 760. The molecule has 3 aromatic rings. The van der Waals surface area contributed by atoms with Crippen molar-refractivity contribution in [1.29, 1.82) is 0 Å². The van der Waals surface area contributed by atoms with Crippen molar-refractivity contribution in [3.05, 3.63) is 66.4 Å². The fourth-order valence-electron chi connectivity index (χ4n) is 2.49. The van der Waals surface area contributed by atoms with Gasteiger partial charge in [-0.05, 0) is 18.6 Å². The van der Waals surface area contributed by atoms with E-state index in [0.29, 0.717) is 5.25 Å². The standard InChI is InChI=1S/C19H20N2S/c1-14(2)22-19-20-13-18(16-10-5-4-6-11-16)21(19)17-12-8-7-9-15(17)3/h4-14H,1-3H3. The maximum absolute atomic E-state index is 4.68. The molecule has 0 N–H and O–H groups in total. The van der Waals surface area contributed by atoms with E-state index in [2.05, 4.69) is 78.9 Å². The number of hydrogen-bond donors (Lipinski definition) is 0. The summed E-state index contributed by atoms with van der Waals surface area (Å²) in [6.45, 7) is 6.54. The Balaban J connectivity index is 2.20. The molecule has 22 heavy (non-hydrogen) atoms. The van der Waals surface area contributed by atoms with Crippen molar-refractivity contribution in [3.63, 3.8) is 0 Å². The van der Waals surface area contributed by atoms with Crippen molar-refractivity contribution in [2.24, 2.45) is 0 Å². The van der Waals surface area contributed by atoms with Gasteiger partial charge in [0.05, 0.1) is 17.6 Å². The number of nitrogens with zero attached hydrogens (tertiary/aromatic N) is 2. The average molecular weight is 308 g/mol. The minimum atomic E-state index is 0.494. The van der Waals surface area contributed by atoms with Gasteiger partial charge in [0.25, 0.3) is 0 Å². The highest BCUT2D eigenvalue weighted by molar-refractivity contribution is 7.99. The van der Waals surface area contributed by atoms with Crippen LogP contribution in [0.4, 0.5) is 0 Å². The molecule has 3 heteroatoms. The number of para-hydroxylation sites is 1. The van der Waals surface area contributed by atoms with Crippen molar-refractivity contribution in [3.8, 4) is 16.9 Å². The Morgan fingerprint density at radius 3 is 2.32 bits per heavy atom. The summed E-state index contributed by atoms with van der Waals surface area (Å²) in [5.41, 5.74) is 4.78. The van der Waals surface area contributed by atoms with E-state index >= 15 is 0 Å². The summed E-state index contributed by atoms with van der Waals surface area (Å²) >= 11 is 1.80. The number of benzene rings is 2. The summed E-state index contributed by atoms with van der Waals surface area (Å²) in [6.07, 6.45) is 1.98. The predicted octanol–water partition coefficient (Wildman–Crippen LogP) is 5.35. The highest BCUT2D eigenvalue weighted by Gasteiger charge is 2.16. The van der Waals surface area contributed by atoms with Crippen LogP contribution in [0.25, 0.3) is 16.9 Å². The molecule has 2 aromatic carbocycles. The number of hydrogen-bond acceptors (Lipinski definition) is 2. The number of imidazole rings is 1. The molecule has 0 atom stereocenters. The monoisotopic (exact) mass is 308 g/mol. The minimum absolute atomic E-state index is 0.494. The lowest BCUT2D eigenvalue weighted by Gasteiger charge is -2.15. The van der Waals surface area contributed by atoms with Crippen LogP contribution in [0.3, 0.4) is 0 Å². The second kappa shape index (κ2) is 6.41. The molecule has 0 aliphatic rings. The molecule has 3 rings (SSSR count). The quantitative estimate of drug-likeness (QED) is 0.605. The topological polar surface area (TPSA) is 17.8 Å². The van der Waals surface area contributed by atoms with Gasteiger partial charge in [0.1, 0.15) is 0 Å². The van der Waals surface area contributed by atoms with Gasteiger partial charge in [-0.25, -0.2) is 4.98 Å². The van der Waals surface area contributed by atoms with Gasteiger partial charge >= 0.3 is 0 Å². The maximum atomic E-state index is 4.68. The molecule has 1 aromatic heterocycles. The summed E-state index contributed by atoms with van der Waals surface area (Å²) < 4.78 is 2.27. The van der Waals surface area contributed by atoms with Crippen LogP contribution in [-0.2, 0) is 0 Å². The predicted molar refractivity (Wildman–Crippen MR) is 94.7 cm³/mol. The van der Waals surface area contributed by atoms with Gasteiger partial charge in [-0.3, -0.25) is 4.57 Å². The van der Waals surface area contributed by atoms with Crippen LogP contribution < -0.4 is 0 Å². The van der Waals surface area contributed by atoms with Crippen molar-refractivity contribution >= 4 is 11.8 Å². The molecule has 2 nitrogen and oxygen atoms in total. The molecule has 0 aliphatic heterocycles. The van der Waals surface area contributed by atoms with E-state index in [4.69, 9.17) is 0 Å². The molecule has 0 saturated heterocycles. The lowest BCUT2D eigenvalue weighted by Crippen LogP contribution is -2.02. The van der Waals surface area contributed by atoms with E-state index in [1.165, 1.54) is 16.8 Å². The van der Waals surface area contributed by atoms with Crippen LogP contribution in [-0.4, -0.2) is 14.8 Å². The molecular weight excluding hydrogens is 288 g/mol. The van der Waals surface area contributed by atoms with E-state index in [-0.39, 0.29) is 0 Å². The third kappa shape index (κ3) is 2.95. The molecule has 0 radical (unpaired) electrons. The van der Waals surface area contributed by atoms with Crippen LogP contribution in [0.2, 0.25) is 0 Å². The van der Waals surface area contributed by atoms with Crippen molar-refractivity contribution in [2.75, 3.05) is 0 Å². The highest BCUT2D eigenvalue weighted by Crippen LogP contribution is 2.32. The lowest BCUT2D eigenvalue weighted by atomic mass is 10.1. The number of rotatable bonds is 4. The molecule has 1 heterocycles. The van der Waals surface area contributed by atoms with Crippen molar-refractivity contribution in [2.45, 2.75) is 31.2 Å². The molecule has 0 spiro atoms. The first-order chi connectivity index (χ1) is 10.7. The van der Waals surface area contributed by atoms with Crippen LogP contribution >= 0.6 is 11.8 Å². The third-order valence-corrected chi connectivity index (χ3v) is 4.47. The lowest BCUT2D eigenvalue weighted by molar-refractivity contribution is 0.886. The van der Waals surface area contributed by atoms with Gasteiger partial charge in [0, 0.05) is 10.8 Å². The first kappa shape index (κ1) is 14.9. The van der Waals surface area contributed by atoms with Crippen LogP contribution in [0, 0.1) is 6.92 Å². The van der Waals surface area contributed by atoms with Gasteiger partial charge in [0.15, 0.2) is 5.16 Å². The van der Waals surface area contributed by atoms with Crippen molar-refractivity contribution < 1.29 is 0 Å². The molecule has 0 fully saturated rings. The summed E-state index contributed by atoms with van der Waals surface area (Å²) in [5, 5.41) is 1.54. The summed E-state index contributed by atoms with van der Waals surface area (Å²) in [6, 6.07) is 18.9. The smallest absolute Gasteiger partial charge is 0.173 e. The van der Waals surface area contributed by atoms with Gasteiger partial charge in [-0.1, -0.05) is 74.1 Å². The first-order valence-electron chi connectivity index (χ1n) is 7.52. The number of aromatic nitrogens is 2. The zero-order valence-corrected chi connectivity index (χ0v) is 14.0. The van der Waals surface area contributed by atoms with Crippen LogP contribution in [0.1, 0.15) is 19.4 Å².